The van der Waals surface area contributed by atoms with Crippen molar-refractivity contribution in [3.8, 4) is 16.9 Å². The zero-order chi connectivity index (χ0) is 16.6. The lowest BCUT2D eigenvalue weighted by molar-refractivity contribution is -0.116. The number of ether oxygens (including phenoxy) is 1. The Hall–Kier alpha value is -3.14. The fourth-order valence-electron chi connectivity index (χ4n) is 2.25. The van der Waals surface area contributed by atoms with Gasteiger partial charge in [0.05, 0.1) is 13.0 Å². The minimum absolute atomic E-state index is 0.120. The van der Waals surface area contributed by atoms with Crippen molar-refractivity contribution in [2.75, 3.05) is 11.9 Å². The van der Waals surface area contributed by atoms with Gasteiger partial charge in [0.1, 0.15) is 11.6 Å². The van der Waals surface area contributed by atoms with Crippen LogP contribution >= 0.6 is 0 Å². The molecule has 24 heavy (non-hydrogen) atoms. The predicted octanol–water partition coefficient (Wildman–Crippen LogP) is 4.16. The average Bonchev–Trinajstić information content (AvgIpc) is 2.64. The van der Waals surface area contributed by atoms with Gasteiger partial charge >= 0.3 is 0 Å². The standard InChI is InChI=1S/C20H18N2O2/c23-20(13-14-24-18-9-5-2-6-10-18)22-19-12-11-17(15-21-19)16-7-3-1-4-8-16/h1-12,15H,13-14H2,(H,21,22,23). The van der Waals surface area contributed by atoms with Crippen LogP contribution in [0.5, 0.6) is 5.75 Å². The van der Waals surface area contributed by atoms with Gasteiger partial charge in [0.25, 0.3) is 0 Å². The first-order chi connectivity index (χ1) is 11.8. The maximum atomic E-state index is 11.9. The van der Waals surface area contributed by atoms with Gasteiger partial charge in [-0.3, -0.25) is 4.79 Å². The molecule has 1 heterocycles. The molecule has 0 unspecified atom stereocenters. The Labute approximate surface area is 141 Å². The lowest BCUT2D eigenvalue weighted by Gasteiger charge is -2.07. The van der Waals surface area contributed by atoms with Crippen molar-refractivity contribution in [3.05, 3.63) is 79.0 Å². The summed E-state index contributed by atoms with van der Waals surface area (Å²) in [5, 5.41) is 2.78. The van der Waals surface area contributed by atoms with Gasteiger partial charge in [-0.15, -0.1) is 0 Å². The summed E-state index contributed by atoms with van der Waals surface area (Å²) >= 11 is 0. The van der Waals surface area contributed by atoms with Crippen molar-refractivity contribution < 1.29 is 9.53 Å². The first kappa shape index (κ1) is 15.7. The minimum Gasteiger partial charge on any atom is -0.493 e. The average molecular weight is 318 g/mol. The van der Waals surface area contributed by atoms with Crippen molar-refractivity contribution in [1.29, 1.82) is 0 Å². The van der Waals surface area contributed by atoms with E-state index in [4.69, 9.17) is 4.74 Å². The van der Waals surface area contributed by atoms with E-state index in [1.807, 2.05) is 66.7 Å². The van der Waals surface area contributed by atoms with E-state index in [2.05, 4.69) is 10.3 Å². The van der Waals surface area contributed by atoms with Crippen LogP contribution in [0.3, 0.4) is 0 Å². The summed E-state index contributed by atoms with van der Waals surface area (Å²) in [6, 6.07) is 23.2. The van der Waals surface area contributed by atoms with Crippen LogP contribution in [0, 0.1) is 0 Å². The number of hydrogen-bond donors (Lipinski definition) is 1. The van der Waals surface area contributed by atoms with Crippen molar-refractivity contribution in [3.63, 3.8) is 0 Å². The van der Waals surface area contributed by atoms with Gasteiger partial charge in [0.15, 0.2) is 0 Å². The summed E-state index contributed by atoms with van der Waals surface area (Å²) in [5.74, 6) is 1.18. The summed E-state index contributed by atoms with van der Waals surface area (Å²) in [6.45, 7) is 0.331. The third-order valence-corrected chi connectivity index (χ3v) is 3.48. The largest absolute Gasteiger partial charge is 0.493 e. The Morgan fingerprint density at radius 3 is 2.25 bits per heavy atom. The molecular weight excluding hydrogens is 300 g/mol. The van der Waals surface area contributed by atoms with Crippen molar-refractivity contribution in [2.45, 2.75) is 6.42 Å². The van der Waals surface area contributed by atoms with Crippen LogP contribution in [0.2, 0.25) is 0 Å². The molecule has 1 N–H and O–H groups in total. The van der Waals surface area contributed by atoms with Crippen LogP contribution in [0.1, 0.15) is 6.42 Å². The number of anilines is 1. The number of carbonyl (C=O) groups is 1. The molecule has 0 saturated heterocycles. The molecule has 0 aliphatic rings. The molecule has 4 heteroatoms. The molecule has 1 amide bonds. The van der Waals surface area contributed by atoms with Crippen LogP contribution in [0.4, 0.5) is 5.82 Å². The van der Waals surface area contributed by atoms with Crippen LogP contribution in [0.15, 0.2) is 79.0 Å². The van der Waals surface area contributed by atoms with E-state index >= 15 is 0 Å². The van der Waals surface area contributed by atoms with Crippen molar-refractivity contribution >= 4 is 11.7 Å². The zero-order valence-corrected chi connectivity index (χ0v) is 13.2. The highest BCUT2D eigenvalue weighted by Gasteiger charge is 2.05. The molecule has 0 aliphatic heterocycles. The van der Waals surface area contributed by atoms with Crippen LogP contribution in [0.25, 0.3) is 11.1 Å². The van der Waals surface area contributed by atoms with E-state index in [-0.39, 0.29) is 12.3 Å². The third-order valence-electron chi connectivity index (χ3n) is 3.48. The van der Waals surface area contributed by atoms with Crippen molar-refractivity contribution in [1.82, 2.24) is 4.98 Å². The van der Waals surface area contributed by atoms with E-state index in [1.165, 1.54) is 0 Å². The Balaban J connectivity index is 1.49. The van der Waals surface area contributed by atoms with Gasteiger partial charge in [0, 0.05) is 11.8 Å². The highest BCUT2D eigenvalue weighted by Crippen LogP contribution is 2.19. The number of rotatable bonds is 6. The molecule has 0 aliphatic carbocycles. The predicted molar refractivity (Wildman–Crippen MR) is 94.9 cm³/mol. The lowest BCUT2D eigenvalue weighted by Crippen LogP contribution is -2.15. The zero-order valence-electron chi connectivity index (χ0n) is 13.2. The smallest absolute Gasteiger partial charge is 0.228 e. The van der Waals surface area contributed by atoms with Crippen LogP contribution < -0.4 is 10.1 Å². The lowest BCUT2D eigenvalue weighted by atomic mass is 10.1. The fraction of sp³-hybridized carbons (Fsp3) is 0.100. The van der Waals surface area contributed by atoms with Crippen LogP contribution in [-0.4, -0.2) is 17.5 Å². The first-order valence-corrected chi connectivity index (χ1v) is 7.80. The second kappa shape index (κ2) is 7.92. The molecule has 1 aromatic heterocycles. The van der Waals surface area contributed by atoms with E-state index in [1.54, 1.807) is 12.3 Å². The Bertz CT molecular complexity index is 772. The summed E-state index contributed by atoms with van der Waals surface area (Å²) in [7, 11) is 0. The van der Waals surface area contributed by atoms with Gasteiger partial charge in [-0.2, -0.15) is 0 Å². The van der Waals surface area contributed by atoms with E-state index in [9.17, 15) is 4.79 Å². The summed E-state index contributed by atoms with van der Waals surface area (Å²) < 4.78 is 5.51. The number of nitrogens with one attached hydrogen (secondary N) is 1. The number of pyridine rings is 1. The SMILES string of the molecule is O=C(CCOc1ccccc1)Nc1ccc(-c2ccccc2)cn1. The summed E-state index contributed by atoms with van der Waals surface area (Å²) in [4.78, 5) is 16.2. The van der Waals surface area contributed by atoms with E-state index in [0.29, 0.717) is 12.4 Å². The molecule has 0 saturated carbocycles. The number of hydrogen-bond acceptors (Lipinski definition) is 3. The monoisotopic (exact) mass is 318 g/mol. The highest BCUT2D eigenvalue weighted by atomic mass is 16.5. The van der Waals surface area contributed by atoms with Gasteiger partial charge in [-0.1, -0.05) is 48.5 Å². The molecule has 4 nitrogen and oxygen atoms in total. The topological polar surface area (TPSA) is 51.2 Å². The molecule has 0 radical (unpaired) electrons. The quantitative estimate of drug-likeness (QED) is 0.742. The maximum Gasteiger partial charge on any atom is 0.228 e. The van der Waals surface area contributed by atoms with Gasteiger partial charge < -0.3 is 10.1 Å². The molecule has 0 spiro atoms. The molecule has 0 fully saturated rings. The fourth-order valence-corrected chi connectivity index (χ4v) is 2.25. The molecule has 3 aromatic rings. The molecule has 2 aromatic carbocycles. The van der Waals surface area contributed by atoms with E-state index in [0.717, 1.165) is 16.9 Å². The normalized spacial score (nSPS) is 10.2. The Kier molecular flexibility index (Phi) is 5.20. The van der Waals surface area contributed by atoms with Crippen LogP contribution in [-0.2, 0) is 4.79 Å². The van der Waals surface area contributed by atoms with Gasteiger partial charge in [-0.05, 0) is 29.8 Å². The summed E-state index contributed by atoms with van der Waals surface area (Å²) in [6.07, 6.45) is 2.03. The molecule has 3 rings (SSSR count). The second-order valence-electron chi connectivity index (χ2n) is 5.26. The van der Waals surface area contributed by atoms with Gasteiger partial charge in [0.2, 0.25) is 5.91 Å². The first-order valence-electron chi connectivity index (χ1n) is 7.80. The van der Waals surface area contributed by atoms with Crippen molar-refractivity contribution in [2.24, 2.45) is 0 Å². The minimum atomic E-state index is -0.120. The van der Waals surface area contributed by atoms with E-state index < -0.39 is 0 Å². The Morgan fingerprint density at radius 2 is 1.58 bits per heavy atom. The number of para-hydroxylation sites is 1. The number of aromatic nitrogens is 1. The number of carbonyl (C=O) groups excluding carboxylic acids is 1. The number of benzene rings is 2. The molecule has 0 bridgehead atoms. The third kappa shape index (κ3) is 4.43. The molecular formula is C20H18N2O2. The second-order valence-corrected chi connectivity index (χ2v) is 5.26. The maximum absolute atomic E-state index is 11.9. The number of amides is 1. The summed E-state index contributed by atoms with van der Waals surface area (Å²) in [5.41, 5.74) is 2.11. The Morgan fingerprint density at radius 1 is 0.875 bits per heavy atom. The molecule has 0 atom stereocenters. The molecule has 120 valence electrons. The highest BCUT2D eigenvalue weighted by molar-refractivity contribution is 5.90. The number of nitrogens with zero attached hydrogens (tertiary/aromatic N) is 1. The van der Waals surface area contributed by atoms with Gasteiger partial charge in [-0.25, -0.2) is 4.98 Å².